The number of unbranched alkanes of at least 4 members (excludes halogenated alkanes) is 15. The maximum Gasteiger partial charge on any atom is 0.425 e. The van der Waals surface area contributed by atoms with E-state index < -0.39 is 61.3 Å². The van der Waals surface area contributed by atoms with Crippen LogP contribution in [0.1, 0.15) is 184 Å². The van der Waals surface area contributed by atoms with Crippen LogP contribution < -0.4 is 18.9 Å². The van der Waals surface area contributed by atoms with E-state index in [1.165, 1.54) is 99.9 Å². The highest BCUT2D eigenvalue weighted by molar-refractivity contribution is 5.93. The first-order valence-electron chi connectivity index (χ1n) is 29.4. The van der Waals surface area contributed by atoms with Gasteiger partial charge < -0.3 is 28.4 Å². The fraction of sp³-hybridized carbons (Fsp3) is 0.412. The summed E-state index contributed by atoms with van der Waals surface area (Å²) in [5, 5.41) is 0. The van der Waals surface area contributed by atoms with Gasteiger partial charge in [0.05, 0.1) is 35.5 Å². The first-order chi connectivity index (χ1) is 40.5. The zero-order valence-electron chi connectivity index (χ0n) is 47.9. The van der Waals surface area contributed by atoms with Crippen molar-refractivity contribution in [1.82, 2.24) is 0 Å². The van der Waals surface area contributed by atoms with Gasteiger partial charge in [0.25, 0.3) is 0 Å². The molecule has 16 heteroatoms. The third kappa shape index (κ3) is 22.5. The Hall–Kier alpha value is -7.62. The van der Waals surface area contributed by atoms with Gasteiger partial charge in [-0.05, 0) is 158 Å². The van der Waals surface area contributed by atoms with Crippen LogP contribution in [0, 0.1) is 0 Å². The molecular weight excluding hydrogens is 1090 g/mol. The molecule has 0 aromatic heterocycles. The number of ether oxygens (including phenoxy) is 6. The summed E-state index contributed by atoms with van der Waals surface area (Å²) in [7, 11) is 0. The smallest absolute Gasteiger partial charge is 0.425 e. The molecule has 0 aliphatic rings. The van der Waals surface area contributed by atoms with Crippen molar-refractivity contribution in [1.29, 1.82) is 0 Å². The molecule has 0 heterocycles. The molecule has 0 spiro atoms. The van der Waals surface area contributed by atoms with E-state index >= 15 is 0 Å². The van der Waals surface area contributed by atoms with Crippen molar-refractivity contribution in [2.24, 2.45) is 0 Å². The Morgan fingerprint density at radius 3 is 0.881 bits per heavy atom. The van der Waals surface area contributed by atoms with E-state index in [9.17, 15) is 45.5 Å². The molecule has 6 rings (SSSR count). The molecule has 0 aliphatic carbocycles. The Morgan fingerprint density at radius 2 is 0.571 bits per heavy atom. The number of hydrogen-bond donors (Lipinski definition) is 0. The highest BCUT2D eigenvalue weighted by Crippen LogP contribution is 2.32. The summed E-state index contributed by atoms with van der Waals surface area (Å²) in [6.07, 6.45) is -0.0258. The summed E-state index contributed by atoms with van der Waals surface area (Å²) < 4.78 is 116. The van der Waals surface area contributed by atoms with Crippen LogP contribution in [-0.2, 0) is 9.47 Å². The average molecular weight is 1170 g/mol. The lowest BCUT2D eigenvalue weighted by Gasteiger charge is -2.21. The standard InChI is InChI=1S/C68H76F6O10/c1-3-5-7-9-15-19-47-79-57-39-31-51(32-40-57)49-23-27-53(28-24-49)63(75)81-59-43-35-55(36-44-59)65(77)83-61(67(69,70)71)21-17-13-11-12-14-18-22-62(68(72,73)74)84-66(78)56-37-45-60(46-38-56)82-64(76)54-29-25-50(26-30-54)52-33-41-58(42-34-52)80-48-20-16-10-8-6-4-2/h23-46,61-62H,3-22,47-48H2,1-2H3/t61-,62-/m0/s1. The van der Waals surface area contributed by atoms with E-state index in [1.54, 1.807) is 48.5 Å². The summed E-state index contributed by atoms with van der Waals surface area (Å²) in [6, 6.07) is 38.8. The fourth-order valence-electron chi connectivity index (χ4n) is 9.22. The predicted molar refractivity (Wildman–Crippen MR) is 312 cm³/mol. The summed E-state index contributed by atoms with van der Waals surface area (Å²) in [4.78, 5) is 51.5. The minimum atomic E-state index is -4.86. The third-order valence-corrected chi connectivity index (χ3v) is 14.2. The number of carbonyl (C=O) groups excluding carboxylic acids is 4. The highest BCUT2D eigenvalue weighted by Gasteiger charge is 2.43. The first kappa shape index (κ1) is 65.5. The molecule has 0 N–H and O–H groups in total. The second kappa shape index (κ2) is 34.2. The number of rotatable bonds is 35. The molecule has 0 bridgehead atoms. The van der Waals surface area contributed by atoms with Gasteiger partial charge in [-0.15, -0.1) is 0 Å². The zero-order chi connectivity index (χ0) is 60.2. The maximum atomic E-state index is 14.0. The topological polar surface area (TPSA) is 124 Å². The van der Waals surface area contributed by atoms with Gasteiger partial charge in [-0.2, -0.15) is 26.3 Å². The number of hydrogen-bond acceptors (Lipinski definition) is 10. The molecule has 0 saturated heterocycles. The van der Waals surface area contributed by atoms with Gasteiger partial charge in [0.1, 0.15) is 23.0 Å². The second-order valence-electron chi connectivity index (χ2n) is 20.8. The van der Waals surface area contributed by atoms with Crippen molar-refractivity contribution in [2.45, 2.75) is 167 Å². The Balaban J connectivity index is 0.854. The lowest BCUT2D eigenvalue weighted by Crippen LogP contribution is -2.34. The molecule has 84 heavy (non-hydrogen) atoms. The van der Waals surface area contributed by atoms with Gasteiger partial charge in [0.15, 0.2) is 12.2 Å². The molecule has 0 saturated carbocycles. The van der Waals surface area contributed by atoms with Gasteiger partial charge in [0, 0.05) is 0 Å². The van der Waals surface area contributed by atoms with Gasteiger partial charge >= 0.3 is 36.2 Å². The normalized spacial score (nSPS) is 12.2. The van der Waals surface area contributed by atoms with E-state index in [0.717, 1.165) is 59.4 Å². The second-order valence-corrected chi connectivity index (χ2v) is 20.8. The number of alkyl halides is 6. The number of halogens is 6. The fourth-order valence-corrected chi connectivity index (χ4v) is 9.22. The van der Waals surface area contributed by atoms with Crippen LogP contribution in [0.25, 0.3) is 22.3 Å². The van der Waals surface area contributed by atoms with Crippen molar-refractivity contribution in [2.75, 3.05) is 13.2 Å². The summed E-state index contributed by atoms with van der Waals surface area (Å²) in [5.74, 6) is -2.11. The Labute approximate surface area is 489 Å². The summed E-state index contributed by atoms with van der Waals surface area (Å²) >= 11 is 0. The van der Waals surface area contributed by atoms with Crippen LogP contribution in [0.15, 0.2) is 146 Å². The molecule has 0 amide bonds. The Bertz CT molecular complexity index is 2710. The van der Waals surface area contributed by atoms with Gasteiger partial charge in [0.2, 0.25) is 0 Å². The molecule has 0 fully saturated rings. The Kier molecular flexibility index (Phi) is 26.7. The Morgan fingerprint density at radius 1 is 0.321 bits per heavy atom. The van der Waals surface area contributed by atoms with Crippen LogP contribution in [0.2, 0.25) is 0 Å². The van der Waals surface area contributed by atoms with Gasteiger partial charge in [-0.3, -0.25) is 0 Å². The minimum Gasteiger partial charge on any atom is -0.494 e. The maximum absolute atomic E-state index is 14.0. The van der Waals surface area contributed by atoms with Crippen molar-refractivity contribution in [3.63, 3.8) is 0 Å². The van der Waals surface area contributed by atoms with Crippen LogP contribution in [0.3, 0.4) is 0 Å². The van der Waals surface area contributed by atoms with E-state index in [2.05, 4.69) is 13.8 Å². The molecule has 0 radical (unpaired) electrons. The highest BCUT2D eigenvalue weighted by atomic mass is 19.4. The van der Waals surface area contributed by atoms with Gasteiger partial charge in [-0.1, -0.05) is 152 Å². The lowest BCUT2D eigenvalue weighted by atomic mass is 10.0. The van der Waals surface area contributed by atoms with E-state index in [1.807, 2.05) is 48.5 Å². The van der Waals surface area contributed by atoms with Crippen LogP contribution >= 0.6 is 0 Å². The molecule has 6 aromatic rings. The molecule has 6 aromatic carbocycles. The molecule has 0 aliphatic heterocycles. The monoisotopic (exact) mass is 1170 g/mol. The number of benzene rings is 6. The van der Waals surface area contributed by atoms with E-state index in [0.29, 0.717) is 26.1 Å². The van der Waals surface area contributed by atoms with E-state index in [4.69, 9.17) is 28.4 Å². The molecule has 2 atom stereocenters. The molecule has 450 valence electrons. The molecule has 0 unspecified atom stereocenters. The quantitative estimate of drug-likeness (QED) is 0.0164. The van der Waals surface area contributed by atoms with Crippen molar-refractivity contribution in [3.8, 4) is 45.3 Å². The summed E-state index contributed by atoms with van der Waals surface area (Å²) in [5.41, 5.74) is 3.74. The van der Waals surface area contributed by atoms with Crippen LogP contribution in [0.5, 0.6) is 23.0 Å². The predicted octanol–water partition coefficient (Wildman–Crippen LogP) is 18.9. The van der Waals surface area contributed by atoms with Crippen LogP contribution in [0.4, 0.5) is 26.3 Å². The van der Waals surface area contributed by atoms with Gasteiger partial charge in [-0.25, -0.2) is 19.2 Å². The van der Waals surface area contributed by atoms with Crippen molar-refractivity contribution < 1.29 is 73.9 Å². The molecule has 10 nitrogen and oxygen atoms in total. The van der Waals surface area contributed by atoms with E-state index in [-0.39, 0.29) is 59.4 Å². The number of carbonyl (C=O) groups is 4. The first-order valence-corrected chi connectivity index (χ1v) is 29.4. The van der Waals surface area contributed by atoms with Crippen molar-refractivity contribution >= 4 is 23.9 Å². The largest absolute Gasteiger partial charge is 0.494 e. The average Bonchev–Trinajstić information content (AvgIpc) is 3.53. The SMILES string of the molecule is CCCCCCCCOc1ccc(-c2ccc(C(=O)Oc3ccc(C(=O)O[C@@H](CCCCCCCC[C@H](OC(=O)c4ccc(OC(=O)c5ccc(-c6ccc(OCCCCCCCC)cc6)cc5)cc4)C(F)(F)F)C(F)(F)F)cc3)cc2)cc1. The molecular formula is C68H76F6O10. The van der Waals surface area contributed by atoms with Crippen molar-refractivity contribution in [3.05, 3.63) is 168 Å². The zero-order valence-corrected chi connectivity index (χ0v) is 47.9. The summed E-state index contributed by atoms with van der Waals surface area (Å²) in [6.45, 7) is 5.71. The number of esters is 4. The minimum absolute atomic E-state index is 0.0213. The third-order valence-electron chi connectivity index (χ3n) is 14.2. The van der Waals surface area contributed by atoms with Crippen LogP contribution in [-0.4, -0.2) is 61.7 Å². The lowest BCUT2D eigenvalue weighted by molar-refractivity contribution is -0.206.